The van der Waals surface area contributed by atoms with E-state index in [2.05, 4.69) is 0 Å². The van der Waals surface area contributed by atoms with Crippen LogP contribution in [-0.4, -0.2) is 22.9 Å². The molecule has 3 N–H and O–H groups in total. The quantitative estimate of drug-likeness (QED) is 0.495. The zero-order valence-corrected chi connectivity index (χ0v) is 17.4. The van der Waals surface area contributed by atoms with Crippen molar-refractivity contribution in [2.24, 2.45) is 5.73 Å². The number of aromatic nitrogens is 2. The Morgan fingerprint density at radius 3 is 1.97 bits per heavy atom. The average Bonchev–Trinajstić information content (AvgIpc) is 3.12. The number of sulfone groups is 1. The molecule has 1 aliphatic rings. The van der Waals surface area contributed by atoms with E-state index in [9.17, 15) is 23.1 Å². The lowest BCUT2D eigenvalue weighted by atomic mass is 10.1. The minimum absolute atomic E-state index is 0.0137. The fraction of sp³-hybridized carbons (Fsp3) is 0.0435. The molecule has 0 saturated heterocycles. The van der Waals surface area contributed by atoms with Crippen LogP contribution >= 0.6 is 0 Å². The fourth-order valence-electron chi connectivity index (χ4n) is 4.06. The molecule has 5 rings (SSSR count). The Labute approximate surface area is 182 Å². The number of nitrogens with two attached hydrogens (primary N) is 1. The molecule has 2 heterocycles. The van der Waals surface area contributed by atoms with Gasteiger partial charge in [-0.15, -0.1) is 0 Å². The second kappa shape index (κ2) is 6.96. The monoisotopic (exact) mass is 447 g/mol. The van der Waals surface area contributed by atoms with Gasteiger partial charge in [-0.2, -0.15) is 4.68 Å². The highest BCUT2D eigenvalue weighted by Gasteiger charge is 2.41. The van der Waals surface area contributed by atoms with Gasteiger partial charge in [0.1, 0.15) is 22.5 Å². The fourth-order valence-corrected chi connectivity index (χ4v) is 5.72. The number of aromatic hydroxyl groups is 1. The highest BCUT2D eigenvalue weighted by Crippen LogP contribution is 2.39. The molecule has 8 nitrogen and oxygen atoms in total. The van der Waals surface area contributed by atoms with Gasteiger partial charge in [0.25, 0.3) is 11.1 Å². The van der Waals surface area contributed by atoms with Crippen LogP contribution in [0, 0.1) is 0 Å². The van der Waals surface area contributed by atoms with E-state index in [0.717, 1.165) is 9.36 Å². The van der Waals surface area contributed by atoms with Crippen LogP contribution in [0.3, 0.4) is 0 Å². The molecule has 160 valence electrons. The normalized spacial score (nSPS) is 15.8. The van der Waals surface area contributed by atoms with E-state index in [1.807, 2.05) is 0 Å². The van der Waals surface area contributed by atoms with Crippen LogP contribution in [0.4, 0.5) is 0 Å². The zero-order valence-electron chi connectivity index (χ0n) is 16.5. The van der Waals surface area contributed by atoms with Crippen molar-refractivity contribution in [1.82, 2.24) is 9.36 Å². The van der Waals surface area contributed by atoms with Crippen LogP contribution in [0.15, 0.2) is 98.3 Å². The summed E-state index contributed by atoms with van der Waals surface area (Å²) in [5, 5.41) is 10.0. The lowest BCUT2D eigenvalue weighted by molar-refractivity contribution is 0.474. The van der Waals surface area contributed by atoms with Crippen molar-refractivity contribution < 1.29 is 13.5 Å². The van der Waals surface area contributed by atoms with E-state index in [0.29, 0.717) is 5.56 Å². The number of rotatable bonds is 3. The van der Waals surface area contributed by atoms with Crippen molar-refractivity contribution in [3.63, 3.8) is 0 Å². The van der Waals surface area contributed by atoms with Crippen molar-refractivity contribution in [2.45, 2.75) is 10.9 Å². The minimum Gasteiger partial charge on any atom is -0.508 e. The number of hydrogen-bond acceptors (Lipinski definition) is 6. The molecule has 0 fully saturated rings. The maximum Gasteiger partial charge on any atom is 0.279 e. The van der Waals surface area contributed by atoms with Gasteiger partial charge >= 0.3 is 0 Å². The molecule has 1 aliphatic heterocycles. The maximum absolute atomic E-state index is 13.7. The highest BCUT2D eigenvalue weighted by molar-refractivity contribution is 7.95. The number of phenols is 1. The third-order valence-corrected chi connectivity index (χ3v) is 7.43. The molecule has 1 unspecified atom stereocenters. The Morgan fingerprint density at radius 1 is 0.781 bits per heavy atom. The molecule has 0 spiro atoms. The molecular formula is C23H17N3O5S. The summed E-state index contributed by atoms with van der Waals surface area (Å²) < 4.78 is 29.3. The van der Waals surface area contributed by atoms with E-state index in [1.54, 1.807) is 30.3 Å². The van der Waals surface area contributed by atoms with Gasteiger partial charge in [0.2, 0.25) is 9.84 Å². The van der Waals surface area contributed by atoms with Gasteiger partial charge in [-0.05, 0) is 42.0 Å². The zero-order chi connectivity index (χ0) is 22.6. The molecular weight excluding hydrogens is 430 g/mol. The van der Waals surface area contributed by atoms with Gasteiger partial charge in [0.15, 0.2) is 0 Å². The molecule has 0 bridgehead atoms. The van der Waals surface area contributed by atoms with Gasteiger partial charge in [-0.3, -0.25) is 9.59 Å². The second-order valence-electron chi connectivity index (χ2n) is 7.37. The van der Waals surface area contributed by atoms with Crippen LogP contribution in [0.25, 0.3) is 16.6 Å². The van der Waals surface area contributed by atoms with Crippen LogP contribution < -0.4 is 16.9 Å². The summed E-state index contributed by atoms with van der Waals surface area (Å²) in [6, 6.07) is 18.5. The lowest BCUT2D eigenvalue weighted by Crippen LogP contribution is -2.38. The summed E-state index contributed by atoms with van der Waals surface area (Å²) in [6.07, 6.45) is 0. The number of nitrogens with zero attached hydrogens (tertiary/aromatic N) is 2. The molecule has 9 heteroatoms. The van der Waals surface area contributed by atoms with E-state index in [-0.39, 0.29) is 32.1 Å². The Balaban J connectivity index is 1.92. The number of fused-ring (bicyclic) bond motifs is 2. The Hall–Kier alpha value is -4.11. The van der Waals surface area contributed by atoms with Crippen LogP contribution in [-0.2, 0) is 9.84 Å². The molecule has 3 aromatic carbocycles. The SMILES string of the molecule is NC1=C(S(=O)(=O)c2ccccc2)C(c2ccc(O)cc2)n2c(=O)c3ccccc3c(=O)n21. The first-order chi connectivity index (χ1) is 15.3. The first-order valence-electron chi connectivity index (χ1n) is 9.68. The third kappa shape index (κ3) is 2.71. The molecule has 0 saturated carbocycles. The van der Waals surface area contributed by atoms with E-state index >= 15 is 0 Å². The summed E-state index contributed by atoms with van der Waals surface area (Å²) >= 11 is 0. The number of benzene rings is 3. The van der Waals surface area contributed by atoms with Crippen LogP contribution in [0.5, 0.6) is 5.75 Å². The summed E-state index contributed by atoms with van der Waals surface area (Å²) in [4.78, 5) is 26.4. The number of allylic oxidation sites excluding steroid dienone is 1. The van der Waals surface area contributed by atoms with E-state index in [1.165, 1.54) is 48.5 Å². The Morgan fingerprint density at radius 2 is 1.34 bits per heavy atom. The summed E-state index contributed by atoms with van der Waals surface area (Å²) in [6.45, 7) is 0. The van der Waals surface area contributed by atoms with Gasteiger partial charge in [0.05, 0.1) is 15.7 Å². The summed E-state index contributed by atoms with van der Waals surface area (Å²) in [5.74, 6) is -0.362. The standard InChI is InChI=1S/C23H17N3O5S/c24-21-20(32(30,31)16-6-2-1-3-7-16)19(14-10-12-15(27)13-11-14)25-22(28)17-8-4-5-9-18(17)23(29)26(21)25/h1-13,19,27H,24H2. The van der Waals surface area contributed by atoms with Crippen LogP contribution in [0.2, 0.25) is 0 Å². The predicted molar refractivity (Wildman–Crippen MR) is 120 cm³/mol. The van der Waals surface area contributed by atoms with Gasteiger partial charge in [-0.25, -0.2) is 13.1 Å². The van der Waals surface area contributed by atoms with Crippen molar-refractivity contribution >= 4 is 26.4 Å². The smallest absolute Gasteiger partial charge is 0.279 e. The van der Waals surface area contributed by atoms with Crippen LogP contribution in [0.1, 0.15) is 11.6 Å². The van der Waals surface area contributed by atoms with Gasteiger partial charge < -0.3 is 10.8 Å². The van der Waals surface area contributed by atoms with Gasteiger partial charge in [-0.1, -0.05) is 42.5 Å². The van der Waals surface area contributed by atoms with E-state index in [4.69, 9.17) is 5.73 Å². The summed E-state index contributed by atoms with van der Waals surface area (Å²) in [5.41, 5.74) is 5.51. The predicted octanol–water partition coefficient (Wildman–Crippen LogP) is 2.03. The second-order valence-corrected chi connectivity index (χ2v) is 9.29. The third-order valence-electron chi connectivity index (χ3n) is 5.53. The largest absolute Gasteiger partial charge is 0.508 e. The van der Waals surface area contributed by atoms with Crippen molar-refractivity contribution in [3.05, 3.63) is 110 Å². The lowest BCUT2D eigenvalue weighted by Gasteiger charge is -2.19. The molecule has 32 heavy (non-hydrogen) atoms. The van der Waals surface area contributed by atoms with Crippen molar-refractivity contribution in [3.8, 4) is 5.75 Å². The Bertz CT molecular complexity index is 1630. The van der Waals surface area contributed by atoms with Crippen molar-refractivity contribution in [1.29, 1.82) is 0 Å². The maximum atomic E-state index is 13.7. The number of hydrogen-bond donors (Lipinski definition) is 2. The van der Waals surface area contributed by atoms with Gasteiger partial charge in [0, 0.05) is 0 Å². The minimum atomic E-state index is -4.18. The molecule has 0 radical (unpaired) electrons. The average molecular weight is 447 g/mol. The first kappa shape index (κ1) is 19.8. The topological polar surface area (TPSA) is 124 Å². The van der Waals surface area contributed by atoms with E-state index < -0.39 is 27.0 Å². The molecule has 0 amide bonds. The molecule has 1 atom stereocenters. The molecule has 0 aliphatic carbocycles. The van der Waals surface area contributed by atoms with Crippen molar-refractivity contribution in [2.75, 3.05) is 0 Å². The molecule has 1 aromatic heterocycles. The Kier molecular flexibility index (Phi) is 4.31. The number of phenolic OH excluding ortho intramolecular Hbond substituents is 1. The first-order valence-corrected chi connectivity index (χ1v) is 11.2. The highest BCUT2D eigenvalue weighted by atomic mass is 32.2. The summed E-state index contributed by atoms with van der Waals surface area (Å²) in [7, 11) is -4.18. The molecule has 4 aromatic rings.